The largest absolute Gasteiger partial charge is 0.508 e. The number of aryl methyl sites for hydroxylation is 2. The highest BCUT2D eigenvalue weighted by molar-refractivity contribution is 5.97. The van der Waals surface area contributed by atoms with Crippen LogP contribution >= 0.6 is 0 Å². The van der Waals surface area contributed by atoms with Gasteiger partial charge in [-0.2, -0.15) is 5.10 Å². The lowest BCUT2D eigenvalue weighted by Crippen LogP contribution is -2.27. The van der Waals surface area contributed by atoms with Gasteiger partial charge in [0, 0.05) is 30.1 Å². The number of aromatic hydroxyl groups is 2. The second-order valence-corrected chi connectivity index (χ2v) is 5.92. The SMILES string of the molecule is CCn1cc(C(=O)N/N=C/c2ccc(O)cc2O)c(=O)c2ccc(C)nc21. The molecule has 138 valence electrons. The molecule has 1 amide bonds. The van der Waals surface area contributed by atoms with Crippen molar-refractivity contribution in [3.05, 3.63) is 63.6 Å². The molecule has 3 aromatic rings. The lowest BCUT2D eigenvalue weighted by atomic mass is 10.1. The molecular formula is C19H18N4O4. The van der Waals surface area contributed by atoms with Gasteiger partial charge in [0.15, 0.2) is 0 Å². The second kappa shape index (κ2) is 7.28. The monoisotopic (exact) mass is 366 g/mol. The van der Waals surface area contributed by atoms with Gasteiger partial charge in [-0.05, 0) is 38.1 Å². The van der Waals surface area contributed by atoms with Crippen LogP contribution in [0.1, 0.15) is 28.5 Å². The van der Waals surface area contributed by atoms with Crippen LogP contribution in [0.25, 0.3) is 11.0 Å². The summed E-state index contributed by atoms with van der Waals surface area (Å²) in [6.07, 6.45) is 2.68. The van der Waals surface area contributed by atoms with E-state index in [2.05, 4.69) is 15.5 Å². The van der Waals surface area contributed by atoms with Gasteiger partial charge in [-0.3, -0.25) is 9.59 Å². The van der Waals surface area contributed by atoms with E-state index >= 15 is 0 Å². The summed E-state index contributed by atoms with van der Waals surface area (Å²) < 4.78 is 1.73. The summed E-state index contributed by atoms with van der Waals surface area (Å²) >= 11 is 0. The second-order valence-electron chi connectivity index (χ2n) is 5.92. The van der Waals surface area contributed by atoms with Crippen LogP contribution < -0.4 is 10.9 Å². The highest BCUT2D eigenvalue weighted by Gasteiger charge is 2.15. The Hall–Kier alpha value is -3.68. The van der Waals surface area contributed by atoms with Crippen molar-refractivity contribution in [2.45, 2.75) is 20.4 Å². The van der Waals surface area contributed by atoms with Crippen molar-refractivity contribution in [1.82, 2.24) is 15.0 Å². The first-order valence-corrected chi connectivity index (χ1v) is 8.27. The van der Waals surface area contributed by atoms with E-state index in [9.17, 15) is 19.8 Å². The van der Waals surface area contributed by atoms with Crippen molar-refractivity contribution in [2.75, 3.05) is 0 Å². The van der Waals surface area contributed by atoms with Crippen molar-refractivity contribution in [1.29, 1.82) is 0 Å². The molecule has 0 radical (unpaired) electrons. The Bertz CT molecular complexity index is 1120. The maximum absolute atomic E-state index is 12.6. The summed E-state index contributed by atoms with van der Waals surface area (Å²) in [6.45, 7) is 4.26. The summed E-state index contributed by atoms with van der Waals surface area (Å²) in [4.78, 5) is 29.4. The number of hydrogen-bond acceptors (Lipinski definition) is 6. The van der Waals surface area contributed by atoms with Gasteiger partial charge < -0.3 is 14.8 Å². The third-order valence-corrected chi connectivity index (χ3v) is 4.03. The summed E-state index contributed by atoms with van der Waals surface area (Å²) in [5.74, 6) is -0.943. The summed E-state index contributed by atoms with van der Waals surface area (Å²) in [5.41, 5.74) is 3.40. The third-order valence-electron chi connectivity index (χ3n) is 4.03. The van der Waals surface area contributed by atoms with Crippen molar-refractivity contribution in [3.63, 3.8) is 0 Å². The topological polar surface area (TPSA) is 117 Å². The molecule has 0 aliphatic carbocycles. The van der Waals surface area contributed by atoms with E-state index in [4.69, 9.17) is 0 Å². The van der Waals surface area contributed by atoms with Gasteiger partial charge in [0.1, 0.15) is 22.7 Å². The van der Waals surface area contributed by atoms with E-state index in [0.29, 0.717) is 23.1 Å². The molecule has 0 bridgehead atoms. The number of phenols is 2. The molecule has 0 aliphatic heterocycles. The highest BCUT2D eigenvalue weighted by Crippen LogP contribution is 2.20. The maximum Gasteiger partial charge on any atom is 0.276 e. The lowest BCUT2D eigenvalue weighted by molar-refractivity contribution is 0.0953. The molecule has 0 aliphatic rings. The fourth-order valence-corrected chi connectivity index (χ4v) is 2.62. The molecule has 0 saturated carbocycles. The average Bonchev–Trinajstić information content (AvgIpc) is 2.63. The smallest absolute Gasteiger partial charge is 0.276 e. The van der Waals surface area contributed by atoms with E-state index in [1.807, 2.05) is 13.8 Å². The number of rotatable bonds is 4. The standard InChI is InChI=1S/C19H18N4O4/c1-3-23-10-15(17(26)14-7-4-11(2)21-18(14)23)19(27)22-20-9-12-5-6-13(24)8-16(12)25/h4-10,24-25H,3H2,1-2H3,(H,22,27)/b20-9+. The Morgan fingerprint density at radius 1 is 1.30 bits per heavy atom. The number of phenolic OH excluding ortho intramolecular Hbond substituents is 2. The molecule has 0 saturated heterocycles. The molecule has 1 aromatic carbocycles. The van der Waals surface area contributed by atoms with E-state index in [1.165, 1.54) is 24.5 Å². The van der Waals surface area contributed by atoms with Gasteiger partial charge in [0.05, 0.1) is 11.6 Å². The minimum atomic E-state index is -0.667. The van der Waals surface area contributed by atoms with E-state index in [0.717, 1.165) is 11.8 Å². The van der Waals surface area contributed by atoms with Crippen molar-refractivity contribution >= 4 is 23.2 Å². The van der Waals surface area contributed by atoms with Crippen LogP contribution in [0.2, 0.25) is 0 Å². The van der Waals surface area contributed by atoms with Gasteiger partial charge >= 0.3 is 0 Å². The number of nitrogens with one attached hydrogen (secondary N) is 1. The zero-order chi connectivity index (χ0) is 19.6. The van der Waals surface area contributed by atoms with Crippen molar-refractivity contribution in [3.8, 4) is 11.5 Å². The minimum Gasteiger partial charge on any atom is -0.508 e. The third kappa shape index (κ3) is 3.64. The van der Waals surface area contributed by atoms with Crippen LogP contribution in [-0.2, 0) is 6.54 Å². The number of carbonyl (C=O) groups is 1. The molecule has 8 nitrogen and oxygen atoms in total. The molecule has 8 heteroatoms. The number of aromatic nitrogens is 2. The summed E-state index contributed by atoms with van der Waals surface area (Å²) in [6, 6.07) is 7.34. The number of amides is 1. The first-order valence-electron chi connectivity index (χ1n) is 8.27. The van der Waals surface area contributed by atoms with Crippen molar-refractivity contribution in [2.24, 2.45) is 5.10 Å². The molecule has 3 N–H and O–H groups in total. The normalized spacial score (nSPS) is 11.2. The molecule has 0 atom stereocenters. The molecule has 2 heterocycles. The number of pyridine rings is 2. The number of hydrogen-bond donors (Lipinski definition) is 3. The van der Waals surface area contributed by atoms with E-state index in [-0.39, 0.29) is 17.1 Å². The molecule has 0 fully saturated rings. The zero-order valence-electron chi connectivity index (χ0n) is 14.8. The van der Waals surface area contributed by atoms with Crippen LogP contribution in [0, 0.1) is 6.92 Å². The van der Waals surface area contributed by atoms with Crippen LogP contribution in [0.4, 0.5) is 0 Å². The first kappa shape index (κ1) is 18.1. The highest BCUT2D eigenvalue weighted by atomic mass is 16.3. The average molecular weight is 366 g/mol. The Morgan fingerprint density at radius 3 is 2.78 bits per heavy atom. The van der Waals surface area contributed by atoms with Crippen LogP contribution in [0.5, 0.6) is 11.5 Å². The number of hydrazone groups is 1. The van der Waals surface area contributed by atoms with Crippen LogP contribution in [-0.4, -0.2) is 31.9 Å². The van der Waals surface area contributed by atoms with Gasteiger partial charge in [-0.25, -0.2) is 10.4 Å². The summed E-state index contributed by atoms with van der Waals surface area (Å²) in [7, 11) is 0. The van der Waals surface area contributed by atoms with Gasteiger partial charge in [-0.1, -0.05) is 0 Å². The minimum absolute atomic E-state index is 0.0536. The molecule has 0 spiro atoms. The Balaban J connectivity index is 1.91. The Labute approximate surface area is 154 Å². The van der Waals surface area contributed by atoms with Gasteiger partial charge in [0.25, 0.3) is 5.91 Å². The van der Waals surface area contributed by atoms with Crippen molar-refractivity contribution < 1.29 is 15.0 Å². The molecule has 27 heavy (non-hydrogen) atoms. The fourth-order valence-electron chi connectivity index (χ4n) is 2.62. The van der Waals surface area contributed by atoms with Gasteiger partial charge in [-0.15, -0.1) is 0 Å². The molecule has 3 rings (SSSR count). The predicted molar refractivity (Wildman–Crippen MR) is 101 cm³/mol. The maximum atomic E-state index is 12.6. The number of benzene rings is 1. The van der Waals surface area contributed by atoms with Crippen LogP contribution in [0.3, 0.4) is 0 Å². The number of carbonyl (C=O) groups excluding carboxylic acids is 1. The number of nitrogens with zero attached hydrogens (tertiary/aromatic N) is 3. The molecule has 2 aromatic heterocycles. The Kier molecular flexibility index (Phi) is 4.89. The predicted octanol–water partition coefficient (Wildman–Crippen LogP) is 1.90. The van der Waals surface area contributed by atoms with E-state index in [1.54, 1.807) is 16.7 Å². The van der Waals surface area contributed by atoms with Crippen LogP contribution in [0.15, 0.2) is 46.4 Å². The zero-order valence-corrected chi connectivity index (χ0v) is 14.8. The lowest BCUT2D eigenvalue weighted by Gasteiger charge is -2.10. The first-order chi connectivity index (χ1) is 12.9. The Morgan fingerprint density at radius 2 is 2.07 bits per heavy atom. The molecular weight excluding hydrogens is 348 g/mol. The van der Waals surface area contributed by atoms with E-state index < -0.39 is 11.3 Å². The summed E-state index contributed by atoms with van der Waals surface area (Å²) in [5, 5.41) is 23.1. The molecule has 0 unspecified atom stereocenters. The fraction of sp³-hybridized carbons (Fsp3) is 0.158. The quantitative estimate of drug-likeness (QED) is 0.482. The van der Waals surface area contributed by atoms with Gasteiger partial charge in [0.2, 0.25) is 5.43 Å². The number of fused-ring (bicyclic) bond motifs is 1.